The molecule has 1 fully saturated rings. The van der Waals surface area contributed by atoms with Gasteiger partial charge in [0.05, 0.1) is 0 Å². The Kier molecular flexibility index (Phi) is 3.01. The Morgan fingerprint density at radius 3 is 3.08 bits per heavy atom. The summed E-state index contributed by atoms with van der Waals surface area (Å²) in [7, 11) is 2.08. The van der Waals surface area contributed by atoms with Crippen LogP contribution in [0.5, 0.6) is 0 Å². The molecule has 72 valence electrons. The molecule has 0 aliphatic heterocycles. The Morgan fingerprint density at radius 2 is 2.38 bits per heavy atom. The van der Waals surface area contributed by atoms with Gasteiger partial charge in [0.1, 0.15) is 0 Å². The van der Waals surface area contributed by atoms with Gasteiger partial charge in [-0.2, -0.15) is 11.3 Å². The van der Waals surface area contributed by atoms with Gasteiger partial charge in [-0.15, -0.1) is 0 Å². The van der Waals surface area contributed by atoms with Crippen LogP contribution >= 0.6 is 11.3 Å². The zero-order valence-corrected chi connectivity index (χ0v) is 8.94. The normalized spacial score (nSPS) is 29.0. The zero-order valence-electron chi connectivity index (χ0n) is 8.12. The minimum atomic E-state index is 0.749. The molecule has 2 heteroatoms. The molecule has 1 aliphatic rings. The first kappa shape index (κ1) is 9.22. The maximum absolute atomic E-state index is 3.40. The molecule has 1 N–H and O–H groups in total. The van der Waals surface area contributed by atoms with E-state index < -0.39 is 0 Å². The van der Waals surface area contributed by atoms with Crippen LogP contribution in [0.1, 0.15) is 37.2 Å². The van der Waals surface area contributed by atoms with Gasteiger partial charge >= 0.3 is 0 Å². The third-order valence-electron chi connectivity index (χ3n) is 3.10. The Balaban J connectivity index is 2.00. The van der Waals surface area contributed by atoms with Gasteiger partial charge in [0, 0.05) is 6.04 Å². The molecule has 0 amide bonds. The van der Waals surface area contributed by atoms with Crippen molar-refractivity contribution in [2.75, 3.05) is 7.05 Å². The number of hydrogen-bond donors (Lipinski definition) is 1. The van der Waals surface area contributed by atoms with Crippen LogP contribution in [0.3, 0.4) is 0 Å². The van der Waals surface area contributed by atoms with E-state index in [1.165, 1.54) is 25.7 Å². The molecule has 1 aliphatic carbocycles. The average molecular weight is 195 g/mol. The van der Waals surface area contributed by atoms with Gasteiger partial charge in [-0.25, -0.2) is 0 Å². The highest BCUT2D eigenvalue weighted by molar-refractivity contribution is 7.07. The minimum absolute atomic E-state index is 0.749. The lowest BCUT2D eigenvalue weighted by atomic mass is 9.82. The fourth-order valence-corrected chi connectivity index (χ4v) is 3.00. The lowest BCUT2D eigenvalue weighted by Crippen LogP contribution is -2.30. The number of hydrogen-bond acceptors (Lipinski definition) is 2. The van der Waals surface area contributed by atoms with E-state index in [2.05, 4.69) is 29.2 Å². The lowest BCUT2D eigenvalue weighted by Gasteiger charge is -2.28. The smallest absolute Gasteiger partial charge is 0.00698 e. The molecule has 13 heavy (non-hydrogen) atoms. The Hall–Kier alpha value is -0.340. The molecule has 0 radical (unpaired) electrons. The van der Waals surface area contributed by atoms with Crippen LogP contribution < -0.4 is 5.32 Å². The summed E-state index contributed by atoms with van der Waals surface area (Å²) in [6.07, 6.45) is 5.45. The first-order valence-corrected chi connectivity index (χ1v) is 6.04. The van der Waals surface area contributed by atoms with Gasteiger partial charge in [-0.05, 0) is 54.6 Å². The van der Waals surface area contributed by atoms with Gasteiger partial charge < -0.3 is 5.32 Å². The van der Waals surface area contributed by atoms with Crippen LogP contribution in [0.4, 0.5) is 0 Å². The largest absolute Gasteiger partial charge is 0.317 e. The molecule has 1 heterocycles. The van der Waals surface area contributed by atoms with E-state index in [0.29, 0.717) is 0 Å². The Bertz CT molecular complexity index is 243. The van der Waals surface area contributed by atoms with Gasteiger partial charge in [0.25, 0.3) is 0 Å². The van der Waals surface area contributed by atoms with Crippen LogP contribution in [-0.4, -0.2) is 13.1 Å². The quantitative estimate of drug-likeness (QED) is 0.765. The second-order valence-corrected chi connectivity index (χ2v) is 4.69. The molecule has 1 nitrogen and oxygen atoms in total. The summed E-state index contributed by atoms with van der Waals surface area (Å²) >= 11 is 1.82. The predicted octanol–water partition coefficient (Wildman–Crippen LogP) is 2.99. The highest BCUT2D eigenvalue weighted by atomic mass is 32.1. The first-order chi connectivity index (χ1) is 6.40. The monoisotopic (exact) mass is 195 g/mol. The molecule has 0 spiro atoms. The summed E-state index contributed by atoms with van der Waals surface area (Å²) in [6, 6.07) is 3.03. The summed E-state index contributed by atoms with van der Waals surface area (Å²) < 4.78 is 0. The van der Waals surface area contributed by atoms with Crippen LogP contribution in [0.2, 0.25) is 0 Å². The van der Waals surface area contributed by atoms with Crippen molar-refractivity contribution < 1.29 is 0 Å². The third kappa shape index (κ3) is 2.12. The summed E-state index contributed by atoms with van der Waals surface area (Å²) in [5.41, 5.74) is 1.56. The summed E-state index contributed by atoms with van der Waals surface area (Å²) in [5.74, 6) is 0.817. The number of nitrogens with one attached hydrogen (secondary N) is 1. The molecule has 0 saturated heterocycles. The molecule has 2 rings (SSSR count). The van der Waals surface area contributed by atoms with Crippen molar-refractivity contribution in [3.8, 4) is 0 Å². The minimum Gasteiger partial charge on any atom is -0.317 e. The fourth-order valence-electron chi connectivity index (χ4n) is 2.26. The van der Waals surface area contributed by atoms with E-state index in [1.807, 2.05) is 11.3 Å². The Labute approximate surface area is 84.2 Å². The molecule has 1 saturated carbocycles. The molecule has 0 bridgehead atoms. The van der Waals surface area contributed by atoms with Crippen LogP contribution in [0, 0.1) is 0 Å². The second-order valence-electron chi connectivity index (χ2n) is 3.91. The van der Waals surface area contributed by atoms with Crippen molar-refractivity contribution in [3.05, 3.63) is 22.4 Å². The molecule has 0 aromatic carbocycles. The van der Waals surface area contributed by atoms with Gasteiger partial charge in [-0.1, -0.05) is 6.42 Å². The topological polar surface area (TPSA) is 12.0 Å². The van der Waals surface area contributed by atoms with Gasteiger partial charge in [0.15, 0.2) is 0 Å². The van der Waals surface area contributed by atoms with Crippen LogP contribution in [-0.2, 0) is 0 Å². The molecular weight excluding hydrogens is 178 g/mol. The molecular formula is C11H17NS. The van der Waals surface area contributed by atoms with Crippen molar-refractivity contribution in [3.63, 3.8) is 0 Å². The Morgan fingerprint density at radius 1 is 1.46 bits per heavy atom. The highest BCUT2D eigenvalue weighted by Crippen LogP contribution is 2.33. The molecule has 2 atom stereocenters. The van der Waals surface area contributed by atoms with E-state index in [4.69, 9.17) is 0 Å². The number of rotatable bonds is 2. The van der Waals surface area contributed by atoms with Crippen molar-refractivity contribution in [2.45, 2.75) is 37.6 Å². The zero-order chi connectivity index (χ0) is 9.10. The fraction of sp³-hybridized carbons (Fsp3) is 0.636. The van der Waals surface area contributed by atoms with Crippen molar-refractivity contribution in [1.29, 1.82) is 0 Å². The number of thiophene rings is 1. The van der Waals surface area contributed by atoms with E-state index in [-0.39, 0.29) is 0 Å². The summed E-state index contributed by atoms with van der Waals surface area (Å²) in [4.78, 5) is 0. The summed E-state index contributed by atoms with van der Waals surface area (Å²) in [6.45, 7) is 0. The highest BCUT2D eigenvalue weighted by Gasteiger charge is 2.21. The van der Waals surface area contributed by atoms with E-state index >= 15 is 0 Å². The first-order valence-electron chi connectivity index (χ1n) is 5.09. The second kappa shape index (κ2) is 4.25. The average Bonchev–Trinajstić information content (AvgIpc) is 2.71. The predicted molar refractivity (Wildman–Crippen MR) is 58.4 cm³/mol. The van der Waals surface area contributed by atoms with Crippen LogP contribution in [0.15, 0.2) is 16.8 Å². The standard InChI is InChI=1S/C11H17NS/c1-12-11-4-2-3-9(7-11)10-5-6-13-8-10/h5-6,8-9,11-12H,2-4,7H2,1H3. The van der Waals surface area contributed by atoms with Crippen molar-refractivity contribution in [2.24, 2.45) is 0 Å². The third-order valence-corrected chi connectivity index (χ3v) is 3.80. The van der Waals surface area contributed by atoms with E-state index in [9.17, 15) is 0 Å². The maximum Gasteiger partial charge on any atom is 0.00698 e. The molecule has 2 unspecified atom stereocenters. The maximum atomic E-state index is 3.40. The van der Waals surface area contributed by atoms with E-state index in [0.717, 1.165) is 12.0 Å². The SMILES string of the molecule is CNC1CCCC(c2ccsc2)C1. The van der Waals surface area contributed by atoms with Gasteiger partial charge in [0.2, 0.25) is 0 Å². The van der Waals surface area contributed by atoms with E-state index in [1.54, 1.807) is 5.56 Å². The molecule has 1 aromatic rings. The van der Waals surface area contributed by atoms with Crippen molar-refractivity contribution >= 4 is 11.3 Å². The lowest BCUT2D eigenvalue weighted by molar-refractivity contribution is 0.356. The summed E-state index contributed by atoms with van der Waals surface area (Å²) in [5, 5.41) is 7.90. The van der Waals surface area contributed by atoms with Gasteiger partial charge in [-0.3, -0.25) is 0 Å². The molecule has 1 aromatic heterocycles. The van der Waals surface area contributed by atoms with Crippen molar-refractivity contribution in [1.82, 2.24) is 5.32 Å². The van der Waals surface area contributed by atoms with Crippen LogP contribution in [0.25, 0.3) is 0 Å².